The lowest BCUT2D eigenvalue weighted by Gasteiger charge is -2.30. The van der Waals surface area contributed by atoms with Crippen LogP contribution in [0.3, 0.4) is 0 Å². The van der Waals surface area contributed by atoms with E-state index in [0.717, 1.165) is 30.0 Å². The normalized spacial score (nSPS) is 17.9. The topological polar surface area (TPSA) is 41.3 Å². The lowest BCUT2D eigenvalue weighted by atomic mass is 10.0. The van der Waals surface area contributed by atoms with Crippen molar-refractivity contribution in [2.75, 3.05) is 25.9 Å². The van der Waals surface area contributed by atoms with Crippen molar-refractivity contribution >= 4 is 11.4 Å². The minimum atomic E-state index is 0.552. The first-order valence-corrected chi connectivity index (χ1v) is 6.15. The van der Waals surface area contributed by atoms with Crippen LogP contribution in [0.5, 0.6) is 0 Å². The molecule has 0 aliphatic carbocycles. The van der Waals surface area contributed by atoms with Gasteiger partial charge >= 0.3 is 0 Å². The molecule has 1 heterocycles. The molecule has 2 rings (SSSR count). The second-order valence-electron chi connectivity index (χ2n) is 4.82. The predicted octanol–water partition coefficient (Wildman–Crippen LogP) is 1.92. The van der Waals surface area contributed by atoms with Gasteiger partial charge in [-0.3, -0.25) is 0 Å². The lowest BCUT2D eigenvalue weighted by Crippen LogP contribution is -2.39. The maximum Gasteiger partial charge on any atom is 0.0342 e. The highest BCUT2D eigenvalue weighted by molar-refractivity contribution is 5.63. The van der Waals surface area contributed by atoms with E-state index in [-0.39, 0.29) is 0 Å². The summed E-state index contributed by atoms with van der Waals surface area (Å²) in [4.78, 5) is 2.37. The number of likely N-dealkylation sites (tertiary alicyclic amines) is 1. The third kappa shape index (κ3) is 3.24. The van der Waals surface area contributed by atoms with E-state index in [1.54, 1.807) is 0 Å². The molecule has 0 unspecified atom stereocenters. The molecule has 0 bridgehead atoms. The van der Waals surface area contributed by atoms with Gasteiger partial charge in [-0.1, -0.05) is 18.7 Å². The number of nitrogen functional groups attached to an aromatic ring is 1. The van der Waals surface area contributed by atoms with Crippen LogP contribution >= 0.6 is 0 Å². The van der Waals surface area contributed by atoms with Crippen molar-refractivity contribution in [3.8, 4) is 0 Å². The summed E-state index contributed by atoms with van der Waals surface area (Å²) in [6.45, 7) is 6.42. The van der Waals surface area contributed by atoms with Gasteiger partial charge in [-0.15, -0.1) is 0 Å². The van der Waals surface area contributed by atoms with Crippen LogP contribution in [0.1, 0.15) is 18.4 Å². The summed E-state index contributed by atoms with van der Waals surface area (Å²) < 4.78 is 0. The summed E-state index contributed by atoms with van der Waals surface area (Å²) >= 11 is 0. The van der Waals surface area contributed by atoms with Crippen molar-refractivity contribution in [3.63, 3.8) is 0 Å². The first-order valence-electron chi connectivity index (χ1n) is 6.15. The smallest absolute Gasteiger partial charge is 0.0342 e. The van der Waals surface area contributed by atoms with Gasteiger partial charge < -0.3 is 16.0 Å². The lowest BCUT2D eigenvalue weighted by molar-refractivity contribution is 0.245. The molecule has 0 aromatic heterocycles. The minimum absolute atomic E-state index is 0.552. The van der Waals surface area contributed by atoms with Crippen LogP contribution in [0.15, 0.2) is 30.8 Å². The molecule has 1 aromatic carbocycles. The zero-order valence-corrected chi connectivity index (χ0v) is 10.4. The fourth-order valence-corrected chi connectivity index (χ4v) is 2.17. The molecule has 3 heteroatoms. The van der Waals surface area contributed by atoms with E-state index in [0.29, 0.717) is 6.04 Å². The van der Waals surface area contributed by atoms with E-state index in [9.17, 15) is 0 Å². The number of hydrogen-bond donors (Lipinski definition) is 2. The molecule has 1 aliphatic rings. The second kappa shape index (κ2) is 5.23. The average molecular weight is 231 g/mol. The SMILES string of the molecule is C=C(NC1CCN(C)CC1)c1ccc(N)cc1. The van der Waals surface area contributed by atoms with Gasteiger partial charge in [0, 0.05) is 17.4 Å². The Morgan fingerprint density at radius 1 is 1.29 bits per heavy atom. The standard InChI is InChI=1S/C14H21N3/c1-11(12-3-5-13(15)6-4-12)16-14-7-9-17(2)10-8-14/h3-6,14,16H,1,7-10,15H2,2H3. The molecule has 3 nitrogen and oxygen atoms in total. The molecule has 92 valence electrons. The van der Waals surface area contributed by atoms with E-state index >= 15 is 0 Å². The number of rotatable bonds is 3. The van der Waals surface area contributed by atoms with Crippen LogP contribution < -0.4 is 11.1 Å². The van der Waals surface area contributed by atoms with Gasteiger partial charge in [-0.25, -0.2) is 0 Å². The summed E-state index contributed by atoms with van der Waals surface area (Å²) in [6, 6.07) is 8.41. The van der Waals surface area contributed by atoms with E-state index in [1.165, 1.54) is 12.8 Å². The molecular weight excluding hydrogens is 210 g/mol. The van der Waals surface area contributed by atoms with E-state index in [1.807, 2.05) is 24.3 Å². The highest BCUT2D eigenvalue weighted by atomic mass is 15.1. The zero-order chi connectivity index (χ0) is 12.3. The van der Waals surface area contributed by atoms with Crippen molar-refractivity contribution in [2.45, 2.75) is 18.9 Å². The molecule has 1 aliphatic heterocycles. The first kappa shape index (κ1) is 12.0. The maximum absolute atomic E-state index is 5.67. The molecule has 3 N–H and O–H groups in total. The highest BCUT2D eigenvalue weighted by Crippen LogP contribution is 2.16. The van der Waals surface area contributed by atoms with Gasteiger partial charge in [-0.05, 0) is 50.7 Å². The second-order valence-corrected chi connectivity index (χ2v) is 4.82. The number of nitrogens with one attached hydrogen (secondary N) is 1. The number of nitrogens with zero attached hydrogens (tertiary/aromatic N) is 1. The van der Waals surface area contributed by atoms with Gasteiger partial charge in [0.1, 0.15) is 0 Å². The Balaban J connectivity index is 1.91. The predicted molar refractivity (Wildman–Crippen MR) is 73.5 cm³/mol. The Kier molecular flexibility index (Phi) is 3.69. The Morgan fingerprint density at radius 2 is 1.88 bits per heavy atom. The van der Waals surface area contributed by atoms with E-state index < -0.39 is 0 Å². The molecule has 0 spiro atoms. The van der Waals surface area contributed by atoms with Gasteiger partial charge in [-0.2, -0.15) is 0 Å². The fraction of sp³-hybridized carbons (Fsp3) is 0.429. The summed E-state index contributed by atoms with van der Waals surface area (Å²) in [5.41, 5.74) is 8.59. The van der Waals surface area contributed by atoms with Crippen LogP contribution in [0.4, 0.5) is 5.69 Å². The third-order valence-electron chi connectivity index (χ3n) is 3.36. The van der Waals surface area contributed by atoms with Gasteiger partial charge in [0.05, 0.1) is 0 Å². The van der Waals surface area contributed by atoms with E-state index in [2.05, 4.69) is 23.8 Å². The fourth-order valence-electron chi connectivity index (χ4n) is 2.17. The molecule has 0 saturated carbocycles. The number of anilines is 1. The van der Waals surface area contributed by atoms with Crippen LogP contribution in [-0.2, 0) is 0 Å². The molecule has 1 aromatic rings. The van der Waals surface area contributed by atoms with Crippen molar-refractivity contribution in [2.24, 2.45) is 0 Å². The van der Waals surface area contributed by atoms with Gasteiger partial charge in [0.2, 0.25) is 0 Å². The van der Waals surface area contributed by atoms with Gasteiger partial charge in [0.25, 0.3) is 0 Å². The summed E-state index contributed by atoms with van der Waals surface area (Å²) in [7, 11) is 2.17. The van der Waals surface area contributed by atoms with Crippen molar-refractivity contribution in [1.29, 1.82) is 0 Å². The molecule has 17 heavy (non-hydrogen) atoms. The third-order valence-corrected chi connectivity index (χ3v) is 3.36. The first-order chi connectivity index (χ1) is 8.15. The van der Waals surface area contributed by atoms with Crippen LogP contribution in [0, 0.1) is 0 Å². The quantitative estimate of drug-likeness (QED) is 0.781. The Labute approximate surface area is 103 Å². The monoisotopic (exact) mass is 231 g/mol. The Bertz CT molecular complexity index is 375. The van der Waals surface area contributed by atoms with Crippen LogP contribution in [0.2, 0.25) is 0 Å². The average Bonchev–Trinajstić information content (AvgIpc) is 2.33. The molecule has 0 amide bonds. The van der Waals surface area contributed by atoms with E-state index in [4.69, 9.17) is 5.73 Å². The van der Waals surface area contributed by atoms with Crippen molar-refractivity contribution in [1.82, 2.24) is 10.2 Å². The zero-order valence-electron chi connectivity index (χ0n) is 10.4. The Hall–Kier alpha value is -1.48. The molecule has 1 saturated heterocycles. The molecule has 0 radical (unpaired) electrons. The van der Waals surface area contributed by atoms with Crippen LogP contribution in [0.25, 0.3) is 5.70 Å². The molecule has 0 atom stereocenters. The van der Waals surface area contributed by atoms with Gasteiger partial charge in [0.15, 0.2) is 0 Å². The summed E-state index contributed by atoms with van der Waals surface area (Å²) in [5, 5.41) is 3.51. The van der Waals surface area contributed by atoms with Crippen molar-refractivity contribution < 1.29 is 0 Å². The summed E-state index contributed by atoms with van der Waals surface area (Å²) in [6.07, 6.45) is 2.37. The molecule has 1 fully saturated rings. The molecular formula is C14H21N3. The largest absolute Gasteiger partial charge is 0.399 e. The maximum atomic E-state index is 5.67. The minimum Gasteiger partial charge on any atom is -0.399 e. The number of piperidine rings is 1. The summed E-state index contributed by atoms with van der Waals surface area (Å²) in [5.74, 6) is 0. The number of hydrogen-bond acceptors (Lipinski definition) is 3. The number of nitrogens with two attached hydrogens (primary N) is 1. The number of benzene rings is 1. The highest BCUT2D eigenvalue weighted by Gasteiger charge is 2.16. The van der Waals surface area contributed by atoms with Crippen LogP contribution in [-0.4, -0.2) is 31.1 Å². The van der Waals surface area contributed by atoms with Crippen molar-refractivity contribution in [3.05, 3.63) is 36.4 Å². The Morgan fingerprint density at radius 3 is 2.47 bits per heavy atom.